The summed E-state index contributed by atoms with van der Waals surface area (Å²) in [4.78, 5) is 19.1. The zero-order valence-corrected chi connectivity index (χ0v) is 24.7. The van der Waals surface area contributed by atoms with Gasteiger partial charge in [0.05, 0.1) is 27.7 Å². The number of carboxylic acid groups (broad SMARTS) is 1. The number of rotatable bonds is 8. The summed E-state index contributed by atoms with van der Waals surface area (Å²) in [7, 11) is 0. The highest BCUT2D eigenvalue weighted by Gasteiger charge is 2.52. The average molecular weight is 644 g/mol. The molecule has 1 N–H and O–H groups in total. The molecule has 3 aliphatic carbocycles. The molecule has 3 saturated carbocycles. The zero-order valence-electron chi connectivity index (χ0n) is 23.2. The van der Waals surface area contributed by atoms with Crippen LogP contribution in [0, 0.1) is 17.3 Å². The number of benzene rings is 1. The van der Waals surface area contributed by atoms with E-state index in [1.165, 1.54) is 18.2 Å². The molecule has 0 aliphatic heterocycles. The van der Waals surface area contributed by atoms with Crippen LogP contribution in [0.3, 0.4) is 0 Å². The van der Waals surface area contributed by atoms with E-state index in [1.54, 1.807) is 12.4 Å². The maximum atomic E-state index is 13.7. The molecule has 0 unspecified atom stereocenters. The third-order valence-electron chi connectivity index (χ3n) is 8.95. The third-order valence-corrected chi connectivity index (χ3v) is 9.53. The largest absolute Gasteiger partial charge is 0.493 e. The molecule has 44 heavy (non-hydrogen) atoms. The van der Waals surface area contributed by atoms with Crippen molar-refractivity contribution in [3.63, 3.8) is 0 Å². The van der Waals surface area contributed by atoms with E-state index in [2.05, 4.69) is 27.3 Å². The average Bonchev–Trinajstić information content (AvgIpc) is 3.69. The van der Waals surface area contributed by atoms with Crippen molar-refractivity contribution >= 4 is 46.2 Å². The van der Waals surface area contributed by atoms with Crippen LogP contribution >= 0.6 is 23.2 Å². The number of carbonyl (C=O) groups is 1. The standard InChI is InChI=1S/C32H26Cl2F3N3O4/c33-23-13-38-14-24(34)27(23)28-20(29(44-40-28)18-2-3-18)5-1-16-9-31(10-16)11-17(12-31)15-43-19-4-6-25-21(7-19)22(32(35,36)37)8-26(39-25)30(41)42/h1,4-8,13-14,16-18H,2-3,9-12,15H2,(H,41,42)/b5-1+. The van der Waals surface area contributed by atoms with Gasteiger partial charge in [0, 0.05) is 34.8 Å². The van der Waals surface area contributed by atoms with Gasteiger partial charge in [-0.2, -0.15) is 13.2 Å². The summed E-state index contributed by atoms with van der Waals surface area (Å²) in [6.07, 6.45) is 8.90. The Hall–Kier alpha value is -3.63. The highest BCUT2D eigenvalue weighted by atomic mass is 35.5. The monoisotopic (exact) mass is 643 g/mol. The summed E-state index contributed by atoms with van der Waals surface area (Å²) in [6.45, 7) is 0.401. The van der Waals surface area contributed by atoms with E-state index in [4.69, 9.17) is 37.6 Å². The minimum absolute atomic E-state index is 0.0460. The van der Waals surface area contributed by atoms with Gasteiger partial charge in [-0.25, -0.2) is 9.78 Å². The van der Waals surface area contributed by atoms with Crippen LogP contribution in [0.5, 0.6) is 5.75 Å². The molecule has 3 heterocycles. The van der Waals surface area contributed by atoms with Gasteiger partial charge in [0.25, 0.3) is 0 Å². The van der Waals surface area contributed by atoms with Gasteiger partial charge in [-0.1, -0.05) is 40.5 Å². The molecule has 1 aromatic carbocycles. The summed E-state index contributed by atoms with van der Waals surface area (Å²) < 4.78 is 52.6. The molecule has 0 bridgehead atoms. The third kappa shape index (κ3) is 5.43. The minimum Gasteiger partial charge on any atom is -0.493 e. The molecular formula is C32H26Cl2F3N3O4. The predicted octanol–water partition coefficient (Wildman–Crippen LogP) is 9.08. The topological polar surface area (TPSA) is 98.3 Å². The number of fused-ring (bicyclic) bond motifs is 1. The van der Waals surface area contributed by atoms with Crippen molar-refractivity contribution in [2.24, 2.45) is 17.3 Å². The summed E-state index contributed by atoms with van der Waals surface area (Å²) in [5, 5.41) is 14.1. The van der Waals surface area contributed by atoms with Crippen molar-refractivity contribution in [1.29, 1.82) is 0 Å². The number of halogens is 5. The first kappa shape index (κ1) is 29.1. The molecule has 4 aromatic rings. The fourth-order valence-electron chi connectivity index (χ4n) is 6.82. The van der Waals surface area contributed by atoms with Gasteiger partial charge in [-0.05, 0) is 80.0 Å². The molecule has 0 saturated heterocycles. The van der Waals surface area contributed by atoms with Crippen LogP contribution in [0.1, 0.15) is 71.8 Å². The lowest BCUT2D eigenvalue weighted by atomic mass is 9.48. The summed E-state index contributed by atoms with van der Waals surface area (Å²) in [5.74, 6) is 0.734. The number of ether oxygens (including phenoxy) is 1. The number of aromatic carboxylic acids is 1. The highest BCUT2D eigenvalue weighted by Crippen LogP contribution is 2.61. The Labute approximate surface area is 260 Å². The number of allylic oxidation sites excluding steroid dienone is 1. The Balaban J connectivity index is 0.978. The number of nitrogens with zero attached hydrogens (tertiary/aromatic N) is 3. The fraction of sp³-hybridized carbons (Fsp3) is 0.375. The second-order valence-electron chi connectivity index (χ2n) is 12.2. The van der Waals surface area contributed by atoms with Crippen molar-refractivity contribution in [1.82, 2.24) is 15.1 Å². The lowest BCUT2D eigenvalue weighted by Gasteiger charge is -2.57. The van der Waals surface area contributed by atoms with E-state index in [0.29, 0.717) is 57.5 Å². The molecule has 3 fully saturated rings. The Bertz CT molecular complexity index is 1780. The van der Waals surface area contributed by atoms with Crippen LogP contribution in [0.2, 0.25) is 10.0 Å². The van der Waals surface area contributed by atoms with E-state index in [9.17, 15) is 18.0 Å². The van der Waals surface area contributed by atoms with E-state index < -0.39 is 23.4 Å². The quantitative estimate of drug-likeness (QED) is 0.204. The Morgan fingerprint density at radius 1 is 1.11 bits per heavy atom. The van der Waals surface area contributed by atoms with E-state index in [0.717, 1.165) is 49.8 Å². The molecule has 3 aromatic heterocycles. The fourth-order valence-corrected chi connectivity index (χ4v) is 7.36. The second kappa shape index (κ2) is 10.8. The molecule has 1 spiro atoms. The minimum atomic E-state index is -4.73. The van der Waals surface area contributed by atoms with Crippen LogP contribution in [0.25, 0.3) is 28.2 Å². The molecule has 0 radical (unpaired) electrons. The molecular weight excluding hydrogens is 618 g/mol. The molecule has 0 amide bonds. The first-order chi connectivity index (χ1) is 21.0. The Kier molecular flexibility index (Phi) is 7.12. The first-order valence-electron chi connectivity index (χ1n) is 14.3. The van der Waals surface area contributed by atoms with Crippen LogP contribution in [0.15, 0.2) is 47.3 Å². The zero-order chi connectivity index (χ0) is 30.8. The molecule has 228 valence electrons. The van der Waals surface area contributed by atoms with Crippen LogP contribution in [-0.4, -0.2) is 32.8 Å². The number of pyridine rings is 2. The summed E-state index contributed by atoms with van der Waals surface area (Å²) in [5.41, 5.74) is 0.687. The molecule has 12 heteroatoms. The van der Waals surface area contributed by atoms with Gasteiger partial charge in [0.2, 0.25) is 0 Å². The maximum Gasteiger partial charge on any atom is 0.417 e. The van der Waals surface area contributed by atoms with Crippen LogP contribution < -0.4 is 4.74 Å². The van der Waals surface area contributed by atoms with Crippen molar-refractivity contribution in [2.75, 3.05) is 6.61 Å². The van der Waals surface area contributed by atoms with Crippen LogP contribution in [0.4, 0.5) is 13.2 Å². The number of aromatic nitrogens is 3. The van der Waals surface area contributed by atoms with Crippen LogP contribution in [-0.2, 0) is 6.18 Å². The lowest BCUT2D eigenvalue weighted by Crippen LogP contribution is -2.48. The van der Waals surface area contributed by atoms with Crippen molar-refractivity contribution in [3.05, 3.63) is 75.4 Å². The van der Waals surface area contributed by atoms with Gasteiger partial charge >= 0.3 is 12.1 Å². The highest BCUT2D eigenvalue weighted by molar-refractivity contribution is 6.39. The van der Waals surface area contributed by atoms with Gasteiger partial charge in [-0.3, -0.25) is 4.98 Å². The number of hydrogen-bond acceptors (Lipinski definition) is 6. The lowest BCUT2D eigenvalue weighted by molar-refractivity contribution is -0.136. The second-order valence-corrected chi connectivity index (χ2v) is 13.0. The number of hydrogen-bond donors (Lipinski definition) is 1. The van der Waals surface area contributed by atoms with Crippen molar-refractivity contribution in [3.8, 4) is 17.0 Å². The normalized spacial score (nSPS) is 23.2. The first-order valence-corrected chi connectivity index (χ1v) is 15.1. The summed E-state index contributed by atoms with van der Waals surface area (Å²) >= 11 is 12.8. The smallest absolute Gasteiger partial charge is 0.417 e. The molecule has 3 aliphatic rings. The van der Waals surface area contributed by atoms with E-state index >= 15 is 0 Å². The van der Waals surface area contributed by atoms with E-state index in [1.807, 2.05) is 0 Å². The number of alkyl halides is 3. The van der Waals surface area contributed by atoms with Gasteiger partial charge in [0.15, 0.2) is 0 Å². The Morgan fingerprint density at radius 3 is 2.50 bits per heavy atom. The van der Waals surface area contributed by atoms with Crippen molar-refractivity contribution < 1.29 is 32.3 Å². The van der Waals surface area contributed by atoms with E-state index in [-0.39, 0.29) is 16.3 Å². The van der Waals surface area contributed by atoms with Crippen molar-refractivity contribution in [2.45, 2.75) is 50.6 Å². The number of carboxylic acids is 1. The molecule has 0 atom stereocenters. The van der Waals surface area contributed by atoms with Gasteiger partial charge in [0.1, 0.15) is 22.9 Å². The SMILES string of the molecule is O=C(O)c1cc(C(F)(F)F)c2cc(OCC3CC4(CC(/C=C/c5c(-c6c(Cl)cncc6Cl)noc5C5CC5)C4)C3)ccc2n1. The maximum absolute atomic E-state index is 13.7. The molecule has 7 rings (SSSR count). The summed E-state index contributed by atoms with van der Waals surface area (Å²) in [6, 6.07) is 4.74. The van der Waals surface area contributed by atoms with Gasteiger partial charge < -0.3 is 14.4 Å². The predicted molar refractivity (Wildman–Crippen MR) is 158 cm³/mol. The van der Waals surface area contributed by atoms with Gasteiger partial charge in [-0.15, -0.1) is 0 Å². The molecule has 7 nitrogen and oxygen atoms in total. The Morgan fingerprint density at radius 2 is 1.84 bits per heavy atom.